The molecule has 1 aromatic carbocycles. The summed E-state index contributed by atoms with van der Waals surface area (Å²) in [6.45, 7) is 6.85. The van der Waals surface area contributed by atoms with Crippen LogP contribution in [0.4, 0.5) is 4.79 Å². The number of sulfone groups is 1. The molecule has 0 aliphatic rings. The van der Waals surface area contributed by atoms with Crippen LogP contribution < -0.4 is 0 Å². The van der Waals surface area contributed by atoms with E-state index in [1.165, 1.54) is 19.2 Å². The number of amides is 1. The van der Waals surface area contributed by atoms with E-state index in [2.05, 4.69) is 0 Å². The lowest BCUT2D eigenvalue weighted by Gasteiger charge is -2.24. The number of nitrogens with zero attached hydrogens (tertiary/aromatic N) is 1. The zero-order chi connectivity index (χ0) is 16.4. The van der Waals surface area contributed by atoms with E-state index in [-0.39, 0.29) is 4.90 Å². The largest absolute Gasteiger partial charge is 0.444 e. The molecule has 0 aliphatic heterocycles. The average molecular weight is 300 g/mol. The van der Waals surface area contributed by atoms with Crippen molar-refractivity contribution >= 4 is 15.9 Å². The number of aryl methyl sites for hydroxylation is 1. The molecule has 1 rings (SSSR count). The zero-order valence-corrected chi connectivity index (χ0v) is 13.2. The number of hydrogen-bond acceptors (Lipinski definition) is 4. The van der Waals surface area contributed by atoms with Gasteiger partial charge in [-0.05, 0) is 39.8 Å². The van der Waals surface area contributed by atoms with E-state index in [1.807, 2.05) is 6.92 Å². The third-order valence-corrected chi connectivity index (χ3v) is 3.85. The van der Waals surface area contributed by atoms with Crippen molar-refractivity contribution in [3.05, 3.63) is 29.8 Å². The van der Waals surface area contributed by atoms with Gasteiger partial charge in [0.25, 0.3) is 0 Å². The van der Waals surface area contributed by atoms with Crippen LogP contribution in [0, 0.1) is 6.92 Å². The predicted octanol–water partition coefficient (Wildman–Crippen LogP) is 2.59. The lowest BCUT2D eigenvalue weighted by molar-refractivity contribution is 0.0327. The van der Waals surface area contributed by atoms with Crippen molar-refractivity contribution in [1.82, 2.24) is 4.90 Å². The van der Waals surface area contributed by atoms with Crippen molar-refractivity contribution < 1.29 is 19.3 Å². The molecule has 0 N–H and O–H groups in total. The highest BCUT2D eigenvalue weighted by Crippen LogP contribution is 2.15. The smallest absolute Gasteiger partial charge is 0.410 e. The van der Waals surface area contributed by atoms with E-state index in [0.717, 1.165) is 10.5 Å². The number of ether oxygens (including phenoxy) is 1. The molecule has 0 spiro atoms. The first-order chi connectivity index (χ1) is 9.45. The summed E-state index contributed by atoms with van der Waals surface area (Å²) >= 11 is 0. The SMILES string of the molecule is [2H]C(N(C)C(=O)OC(C)(C)C)S(=O)(=O)c1ccc(C)cc1. The Kier molecular flexibility index (Phi) is 4.32. The number of benzene rings is 1. The lowest BCUT2D eigenvalue weighted by Crippen LogP contribution is -2.37. The molecule has 1 unspecified atom stereocenters. The Morgan fingerprint density at radius 3 is 2.25 bits per heavy atom. The predicted molar refractivity (Wildman–Crippen MR) is 77.2 cm³/mol. The fraction of sp³-hybridized carbons (Fsp3) is 0.500. The van der Waals surface area contributed by atoms with Crippen molar-refractivity contribution in [2.24, 2.45) is 0 Å². The van der Waals surface area contributed by atoms with Crippen LogP contribution in [0.5, 0.6) is 0 Å². The Balaban J connectivity index is 2.98. The maximum Gasteiger partial charge on any atom is 0.410 e. The summed E-state index contributed by atoms with van der Waals surface area (Å²) in [4.78, 5) is 12.6. The van der Waals surface area contributed by atoms with Gasteiger partial charge in [0.05, 0.1) is 6.27 Å². The summed E-state index contributed by atoms with van der Waals surface area (Å²) in [6, 6.07) is 6.14. The fourth-order valence-electron chi connectivity index (χ4n) is 1.37. The molecule has 112 valence electrons. The van der Waals surface area contributed by atoms with Gasteiger partial charge in [-0.15, -0.1) is 0 Å². The zero-order valence-electron chi connectivity index (χ0n) is 13.4. The van der Waals surface area contributed by atoms with Gasteiger partial charge in [-0.2, -0.15) is 0 Å². The Morgan fingerprint density at radius 1 is 1.30 bits per heavy atom. The summed E-state index contributed by atoms with van der Waals surface area (Å²) in [6.07, 6.45) is -0.849. The van der Waals surface area contributed by atoms with E-state index in [1.54, 1.807) is 32.9 Å². The molecule has 0 aliphatic carbocycles. The maximum atomic E-state index is 12.3. The molecule has 0 fully saturated rings. The molecule has 0 aromatic heterocycles. The van der Waals surface area contributed by atoms with Gasteiger partial charge in [-0.25, -0.2) is 13.2 Å². The third kappa shape index (κ3) is 4.85. The third-order valence-electron chi connectivity index (χ3n) is 2.33. The molecular weight excluding hydrogens is 278 g/mol. The summed E-state index contributed by atoms with van der Waals surface area (Å²) in [5, 5.41) is 0. The van der Waals surface area contributed by atoms with Gasteiger partial charge in [0.1, 0.15) is 11.5 Å². The monoisotopic (exact) mass is 300 g/mol. The highest BCUT2D eigenvalue weighted by Gasteiger charge is 2.24. The molecule has 0 bridgehead atoms. The van der Waals surface area contributed by atoms with Gasteiger partial charge in [0.2, 0.25) is 0 Å². The number of rotatable bonds is 3. The van der Waals surface area contributed by atoms with Crippen molar-refractivity contribution in [2.45, 2.75) is 38.2 Å². The lowest BCUT2D eigenvalue weighted by atomic mass is 10.2. The molecule has 20 heavy (non-hydrogen) atoms. The average Bonchev–Trinajstić information content (AvgIpc) is 2.35. The van der Waals surface area contributed by atoms with Crippen LogP contribution in [-0.4, -0.2) is 37.9 Å². The Hall–Kier alpha value is -1.56. The van der Waals surface area contributed by atoms with Gasteiger partial charge in [-0.1, -0.05) is 17.7 Å². The Bertz CT molecular complexity index is 605. The highest BCUT2D eigenvalue weighted by atomic mass is 32.2. The molecule has 0 radical (unpaired) electrons. The second-order valence-electron chi connectivity index (χ2n) is 5.55. The normalized spacial score (nSPS) is 14.3. The first-order valence-corrected chi connectivity index (χ1v) is 7.68. The van der Waals surface area contributed by atoms with Crippen LogP contribution in [0.2, 0.25) is 0 Å². The fourth-order valence-corrected chi connectivity index (χ4v) is 2.51. The highest BCUT2D eigenvalue weighted by molar-refractivity contribution is 7.91. The summed E-state index contributed by atoms with van der Waals surface area (Å²) in [5.41, 5.74) is 0.162. The van der Waals surface area contributed by atoms with Crippen molar-refractivity contribution in [1.29, 1.82) is 0 Å². The van der Waals surface area contributed by atoms with E-state index in [9.17, 15) is 13.2 Å². The second kappa shape index (κ2) is 5.83. The van der Waals surface area contributed by atoms with Crippen LogP contribution >= 0.6 is 0 Å². The van der Waals surface area contributed by atoms with E-state index in [4.69, 9.17) is 6.11 Å². The molecule has 0 saturated heterocycles. The molecule has 5 nitrogen and oxygen atoms in total. The molecule has 1 amide bonds. The summed E-state index contributed by atoms with van der Waals surface area (Å²) in [7, 11) is -2.73. The molecule has 1 atom stereocenters. The van der Waals surface area contributed by atoms with Crippen LogP contribution in [-0.2, 0) is 14.6 Å². The van der Waals surface area contributed by atoms with Crippen LogP contribution in [0.3, 0.4) is 0 Å². The Labute approximate surface area is 121 Å². The molecular formula is C14H21NO4S. The minimum absolute atomic E-state index is 0.00325. The first kappa shape index (κ1) is 14.8. The van der Waals surface area contributed by atoms with Crippen molar-refractivity contribution in [3.63, 3.8) is 0 Å². The Morgan fingerprint density at radius 2 is 1.80 bits per heavy atom. The van der Waals surface area contributed by atoms with Gasteiger partial charge >= 0.3 is 6.09 Å². The maximum absolute atomic E-state index is 12.3. The van der Waals surface area contributed by atoms with Crippen molar-refractivity contribution in [3.8, 4) is 0 Å². The topological polar surface area (TPSA) is 63.7 Å². The minimum atomic E-state index is -3.96. The van der Waals surface area contributed by atoms with Crippen LogP contribution in [0.15, 0.2) is 29.2 Å². The van der Waals surface area contributed by atoms with E-state index >= 15 is 0 Å². The van der Waals surface area contributed by atoms with Crippen LogP contribution in [0.25, 0.3) is 0 Å². The summed E-state index contributed by atoms with van der Waals surface area (Å²) in [5.74, 6) is -1.75. The summed E-state index contributed by atoms with van der Waals surface area (Å²) < 4.78 is 37.6. The number of hydrogen-bond donors (Lipinski definition) is 0. The molecule has 1 aromatic rings. The van der Waals surface area contributed by atoms with Crippen molar-refractivity contribution in [2.75, 3.05) is 12.9 Å². The minimum Gasteiger partial charge on any atom is -0.444 e. The van der Waals surface area contributed by atoms with Gasteiger partial charge in [0, 0.05) is 7.05 Å². The van der Waals surface area contributed by atoms with Crippen LogP contribution in [0.1, 0.15) is 27.7 Å². The molecule has 0 saturated carbocycles. The molecule has 6 heteroatoms. The number of carbonyl (C=O) groups is 1. The van der Waals surface area contributed by atoms with Gasteiger partial charge < -0.3 is 4.74 Å². The van der Waals surface area contributed by atoms with Gasteiger partial charge in [0.15, 0.2) is 9.84 Å². The molecule has 0 heterocycles. The number of carbonyl (C=O) groups excluding carboxylic acids is 1. The standard InChI is InChI=1S/C14H21NO4S/c1-11-6-8-12(9-7-11)20(17,18)10-15(5)13(16)19-14(2,3)4/h6-9H,10H2,1-5H3/i10D. The first-order valence-electron chi connectivity index (χ1n) is 6.71. The quantitative estimate of drug-likeness (QED) is 0.860. The van der Waals surface area contributed by atoms with Gasteiger partial charge in [-0.3, -0.25) is 4.90 Å². The second-order valence-corrected chi connectivity index (χ2v) is 7.33. The van der Waals surface area contributed by atoms with E-state index < -0.39 is 27.4 Å². The van der Waals surface area contributed by atoms with E-state index in [0.29, 0.717) is 0 Å².